The molecule has 21 heavy (non-hydrogen) atoms. The van der Waals surface area contributed by atoms with E-state index >= 15 is 0 Å². The third kappa shape index (κ3) is 3.67. The van der Waals surface area contributed by atoms with Crippen molar-refractivity contribution in [1.82, 2.24) is 4.72 Å². The Morgan fingerprint density at radius 2 is 2.24 bits per heavy atom. The summed E-state index contributed by atoms with van der Waals surface area (Å²) in [4.78, 5) is 10.0. The molecular weight excluding hydrogens is 300 g/mol. The molecule has 1 aliphatic rings. The van der Waals surface area contributed by atoms with Crippen molar-refractivity contribution in [3.8, 4) is 0 Å². The van der Waals surface area contributed by atoms with Gasteiger partial charge in [-0.2, -0.15) is 0 Å². The van der Waals surface area contributed by atoms with Crippen LogP contribution in [0.15, 0.2) is 23.1 Å². The minimum Gasteiger partial charge on any atom is -0.381 e. The number of nitrogen functional groups attached to an aromatic ring is 1. The van der Waals surface area contributed by atoms with Crippen LogP contribution in [-0.4, -0.2) is 33.1 Å². The second kappa shape index (κ2) is 6.35. The van der Waals surface area contributed by atoms with E-state index in [1.807, 2.05) is 0 Å². The highest BCUT2D eigenvalue weighted by molar-refractivity contribution is 7.89. The van der Waals surface area contributed by atoms with E-state index in [9.17, 15) is 18.5 Å². The molecule has 1 aliphatic heterocycles. The molecule has 4 N–H and O–H groups in total. The summed E-state index contributed by atoms with van der Waals surface area (Å²) < 4.78 is 31.9. The van der Waals surface area contributed by atoms with Crippen molar-refractivity contribution < 1.29 is 18.1 Å². The molecule has 1 aromatic carbocycles. The summed E-state index contributed by atoms with van der Waals surface area (Å²) in [5.41, 5.74) is 1.78. The molecule has 2 rings (SSSR count). The van der Waals surface area contributed by atoms with Gasteiger partial charge in [0.05, 0.1) is 16.4 Å². The van der Waals surface area contributed by atoms with Crippen molar-refractivity contribution in [2.75, 3.05) is 25.2 Å². The van der Waals surface area contributed by atoms with Crippen molar-refractivity contribution in [2.24, 2.45) is 11.8 Å². The van der Waals surface area contributed by atoms with E-state index in [1.165, 1.54) is 6.07 Å². The third-order valence-electron chi connectivity index (χ3n) is 3.22. The maximum absolute atomic E-state index is 12.1. The van der Waals surface area contributed by atoms with Gasteiger partial charge in [0, 0.05) is 19.2 Å². The molecule has 1 heterocycles. The molecular formula is C11H16N4O5S. The van der Waals surface area contributed by atoms with Crippen LogP contribution >= 0.6 is 0 Å². The van der Waals surface area contributed by atoms with Gasteiger partial charge in [-0.1, -0.05) is 0 Å². The SMILES string of the molecule is NNc1cc(S(=O)(=O)NCC2CCOC2)ccc1[N+](=O)[O-]. The smallest absolute Gasteiger partial charge is 0.293 e. The third-order valence-corrected chi connectivity index (χ3v) is 4.64. The lowest BCUT2D eigenvalue weighted by Gasteiger charge is -2.11. The predicted molar refractivity (Wildman–Crippen MR) is 75.0 cm³/mol. The van der Waals surface area contributed by atoms with Crippen LogP contribution in [0.2, 0.25) is 0 Å². The van der Waals surface area contributed by atoms with Crippen LogP contribution in [0.25, 0.3) is 0 Å². The summed E-state index contributed by atoms with van der Waals surface area (Å²) in [6.07, 6.45) is 0.804. The Balaban J connectivity index is 2.17. The minimum atomic E-state index is -3.75. The topological polar surface area (TPSA) is 137 Å². The molecule has 0 aliphatic carbocycles. The molecule has 0 aromatic heterocycles. The number of sulfonamides is 1. The number of anilines is 1. The molecule has 1 fully saturated rings. The summed E-state index contributed by atoms with van der Waals surface area (Å²) in [6, 6.07) is 3.40. The second-order valence-corrected chi connectivity index (χ2v) is 6.43. The Labute approximate surface area is 121 Å². The fourth-order valence-corrected chi connectivity index (χ4v) is 3.15. The van der Waals surface area contributed by atoms with Gasteiger partial charge >= 0.3 is 0 Å². The maximum atomic E-state index is 12.1. The van der Waals surface area contributed by atoms with Crippen molar-refractivity contribution in [3.05, 3.63) is 28.3 Å². The molecule has 10 heteroatoms. The Bertz CT molecular complexity index is 628. The van der Waals surface area contributed by atoms with Crippen molar-refractivity contribution >= 4 is 21.4 Å². The van der Waals surface area contributed by atoms with Gasteiger partial charge in [-0.25, -0.2) is 13.1 Å². The zero-order chi connectivity index (χ0) is 15.5. The number of benzene rings is 1. The highest BCUT2D eigenvalue weighted by atomic mass is 32.2. The van der Waals surface area contributed by atoms with Gasteiger partial charge in [0.2, 0.25) is 10.0 Å². The predicted octanol–water partition coefficient (Wildman–Crippen LogP) is 0.195. The number of ether oxygens (including phenoxy) is 1. The van der Waals surface area contributed by atoms with Gasteiger partial charge in [-0.3, -0.25) is 16.0 Å². The average molecular weight is 316 g/mol. The number of nitro benzene ring substituents is 1. The zero-order valence-corrected chi connectivity index (χ0v) is 11.9. The molecule has 0 spiro atoms. The molecule has 1 unspecified atom stereocenters. The fourth-order valence-electron chi connectivity index (χ4n) is 2.01. The number of nitrogens with zero attached hydrogens (tertiary/aromatic N) is 1. The Morgan fingerprint density at radius 1 is 1.48 bits per heavy atom. The summed E-state index contributed by atoms with van der Waals surface area (Å²) in [6.45, 7) is 1.42. The van der Waals surface area contributed by atoms with Crippen molar-refractivity contribution in [2.45, 2.75) is 11.3 Å². The van der Waals surface area contributed by atoms with Crippen LogP contribution in [0.3, 0.4) is 0 Å². The van der Waals surface area contributed by atoms with Crippen LogP contribution in [0.5, 0.6) is 0 Å². The average Bonchev–Trinajstić information content (AvgIpc) is 2.97. The maximum Gasteiger partial charge on any atom is 0.293 e. The van der Waals surface area contributed by atoms with Crippen molar-refractivity contribution in [3.63, 3.8) is 0 Å². The molecule has 0 saturated carbocycles. The van der Waals surface area contributed by atoms with Gasteiger partial charge in [0.25, 0.3) is 5.69 Å². The fraction of sp³-hybridized carbons (Fsp3) is 0.455. The standard InChI is InChI=1S/C11H16N4O5S/c12-14-10-5-9(1-2-11(10)15(16)17)21(18,19)13-6-8-3-4-20-7-8/h1-2,5,8,13-14H,3-4,6-7,12H2. The molecule has 0 bridgehead atoms. The summed E-state index contributed by atoms with van der Waals surface area (Å²) in [5.74, 6) is 5.33. The normalized spacial score (nSPS) is 18.6. The Kier molecular flexibility index (Phi) is 4.73. The molecule has 1 aromatic rings. The van der Waals surface area contributed by atoms with Gasteiger partial charge in [0.15, 0.2) is 0 Å². The first kappa shape index (κ1) is 15.6. The number of nitrogens with two attached hydrogens (primary N) is 1. The van der Waals surface area contributed by atoms with E-state index in [0.717, 1.165) is 18.6 Å². The van der Waals surface area contributed by atoms with E-state index in [0.29, 0.717) is 13.2 Å². The molecule has 1 saturated heterocycles. The van der Waals surface area contributed by atoms with Crippen LogP contribution < -0.4 is 16.0 Å². The number of hydrogen-bond acceptors (Lipinski definition) is 7. The van der Waals surface area contributed by atoms with Gasteiger partial charge in [-0.05, 0) is 24.5 Å². The van der Waals surface area contributed by atoms with E-state index < -0.39 is 14.9 Å². The van der Waals surface area contributed by atoms with Crippen LogP contribution in [-0.2, 0) is 14.8 Å². The van der Waals surface area contributed by atoms with E-state index in [2.05, 4.69) is 10.1 Å². The lowest BCUT2D eigenvalue weighted by atomic mass is 10.1. The number of hydrogen-bond donors (Lipinski definition) is 3. The summed E-state index contributed by atoms with van der Waals surface area (Å²) in [5, 5.41) is 10.8. The number of nitrogens with one attached hydrogen (secondary N) is 2. The second-order valence-electron chi connectivity index (χ2n) is 4.66. The first-order valence-electron chi connectivity index (χ1n) is 6.26. The monoisotopic (exact) mass is 316 g/mol. The Morgan fingerprint density at radius 3 is 2.81 bits per heavy atom. The van der Waals surface area contributed by atoms with Crippen LogP contribution in [0.1, 0.15) is 6.42 Å². The first-order chi connectivity index (χ1) is 9.94. The lowest BCUT2D eigenvalue weighted by molar-refractivity contribution is -0.384. The van der Waals surface area contributed by atoms with E-state index in [1.54, 1.807) is 0 Å². The number of rotatable bonds is 6. The number of nitro groups is 1. The molecule has 9 nitrogen and oxygen atoms in total. The highest BCUT2D eigenvalue weighted by Crippen LogP contribution is 2.26. The minimum absolute atomic E-state index is 0.0629. The molecule has 1 atom stereocenters. The quantitative estimate of drug-likeness (QED) is 0.387. The molecule has 0 amide bonds. The lowest BCUT2D eigenvalue weighted by Crippen LogP contribution is -2.29. The molecule has 116 valence electrons. The van der Waals surface area contributed by atoms with Crippen LogP contribution in [0.4, 0.5) is 11.4 Å². The zero-order valence-electron chi connectivity index (χ0n) is 11.1. The van der Waals surface area contributed by atoms with Gasteiger partial charge < -0.3 is 10.2 Å². The Hall–Kier alpha value is -1.75. The number of hydrazine groups is 1. The van der Waals surface area contributed by atoms with E-state index in [4.69, 9.17) is 10.6 Å². The van der Waals surface area contributed by atoms with Crippen molar-refractivity contribution in [1.29, 1.82) is 0 Å². The first-order valence-corrected chi connectivity index (χ1v) is 7.75. The largest absolute Gasteiger partial charge is 0.381 e. The molecule has 0 radical (unpaired) electrons. The summed E-state index contributed by atoms with van der Waals surface area (Å²) >= 11 is 0. The van der Waals surface area contributed by atoms with Gasteiger partial charge in [0.1, 0.15) is 5.69 Å². The van der Waals surface area contributed by atoms with Crippen LogP contribution in [0, 0.1) is 16.0 Å². The van der Waals surface area contributed by atoms with Gasteiger partial charge in [-0.15, -0.1) is 0 Å². The van der Waals surface area contributed by atoms with E-state index in [-0.39, 0.29) is 28.7 Å². The highest BCUT2D eigenvalue weighted by Gasteiger charge is 2.22. The summed E-state index contributed by atoms with van der Waals surface area (Å²) in [7, 11) is -3.75.